The Balaban J connectivity index is 1.95. The monoisotopic (exact) mass is 287 g/mol. The highest BCUT2D eigenvalue weighted by atomic mass is 32.2. The fourth-order valence-electron chi connectivity index (χ4n) is 1.63. The molecule has 0 atom stereocenters. The number of fused-ring (bicyclic) bond motifs is 1. The molecule has 0 saturated carbocycles. The van der Waals surface area contributed by atoms with Gasteiger partial charge in [0.25, 0.3) is 0 Å². The number of pyridine rings is 1. The zero-order valence-electron chi connectivity index (χ0n) is 10.4. The van der Waals surface area contributed by atoms with E-state index in [4.69, 9.17) is 0 Å². The lowest BCUT2D eigenvalue weighted by atomic mass is 10.3. The van der Waals surface area contributed by atoms with Crippen LogP contribution in [-0.4, -0.2) is 38.0 Å². The number of nitrogens with zero attached hydrogens (tertiary/aromatic N) is 4. The third kappa shape index (κ3) is 2.32. The molecule has 0 radical (unpaired) electrons. The van der Waals surface area contributed by atoms with Gasteiger partial charge in [0.05, 0.1) is 19.0 Å². The zero-order chi connectivity index (χ0) is 13.9. The number of methoxy groups -OCH3 is 1. The molecule has 0 aliphatic heterocycles. The highest BCUT2D eigenvalue weighted by Gasteiger charge is 2.11. The molecule has 100 valence electrons. The molecule has 7 nitrogen and oxygen atoms in total. The molecule has 3 aromatic rings. The Bertz CT molecular complexity index is 773. The minimum absolute atomic E-state index is 0.399. The van der Waals surface area contributed by atoms with Crippen molar-refractivity contribution in [2.75, 3.05) is 7.11 Å². The maximum absolute atomic E-state index is 11.5. The smallest absolute Gasteiger partial charge is 0.337 e. The fraction of sp³-hybridized carbons (Fsp3) is 0.0833. The maximum Gasteiger partial charge on any atom is 0.337 e. The van der Waals surface area contributed by atoms with E-state index in [1.54, 1.807) is 24.7 Å². The topological polar surface area (TPSA) is 93.7 Å². The second kappa shape index (κ2) is 5.25. The molecule has 3 heterocycles. The number of aromatic nitrogens is 5. The van der Waals surface area contributed by atoms with Crippen LogP contribution in [0, 0.1) is 0 Å². The molecule has 0 amide bonds. The third-order valence-corrected chi connectivity index (χ3v) is 3.48. The van der Waals surface area contributed by atoms with Gasteiger partial charge in [-0.15, -0.1) is 0 Å². The molecule has 8 heteroatoms. The lowest BCUT2D eigenvalue weighted by molar-refractivity contribution is 0.0600. The minimum Gasteiger partial charge on any atom is -0.465 e. The summed E-state index contributed by atoms with van der Waals surface area (Å²) >= 11 is 1.32. The quantitative estimate of drug-likeness (QED) is 0.578. The van der Waals surface area contributed by atoms with E-state index in [-0.39, 0.29) is 0 Å². The van der Waals surface area contributed by atoms with Crippen LogP contribution in [0.1, 0.15) is 10.4 Å². The summed E-state index contributed by atoms with van der Waals surface area (Å²) in [4.78, 5) is 31.0. The number of esters is 1. The zero-order valence-corrected chi connectivity index (χ0v) is 11.2. The van der Waals surface area contributed by atoms with E-state index in [1.165, 1.54) is 25.2 Å². The number of imidazole rings is 1. The number of carbonyl (C=O) groups is 1. The maximum atomic E-state index is 11.5. The van der Waals surface area contributed by atoms with E-state index in [0.29, 0.717) is 21.3 Å². The molecular formula is C12H9N5O2S. The second-order valence-corrected chi connectivity index (χ2v) is 4.77. The fourth-order valence-corrected chi connectivity index (χ4v) is 2.48. The van der Waals surface area contributed by atoms with Crippen molar-refractivity contribution in [3.05, 3.63) is 36.5 Å². The SMILES string of the molecule is COC(=O)c1ccnc(Sc2ncnc3nc[nH]c23)c1. The average Bonchev–Trinajstić information content (AvgIpc) is 2.96. The second-order valence-electron chi connectivity index (χ2n) is 3.76. The number of hydrogen-bond acceptors (Lipinski definition) is 7. The summed E-state index contributed by atoms with van der Waals surface area (Å²) in [5, 5.41) is 1.34. The summed E-state index contributed by atoms with van der Waals surface area (Å²) in [6, 6.07) is 3.25. The Morgan fingerprint density at radius 2 is 2.20 bits per heavy atom. The Hall–Kier alpha value is -2.48. The molecule has 0 aliphatic rings. The molecule has 0 aliphatic carbocycles. The molecule has 20 heavy (non-hydrogen) atoms. The summed E-state index contributed by atoms with van der Waals surface area (Å²) in [5.41, 5.74) is 1.77. The van der Waals surface area contributed by atoms with Gasteiger partial charge in [0.15, 0.2) is 5.65 Å². The van der Waals surface area contributed by atoms with Crippen LogP contribution in [0.3, 0.4) is 0 Å². The molecule has 3 rings (SSSR count). The lowest BCUT2D eigenvalue weighted by Crippen LogP contribution is -2.01. The predicted molar refractivity (Wildman–Crippen MR) is 71.4 cm³/mol. The molecule has 0 saturated heterocycles. The van der Waals surface area contributed by atoms with Gasteiger partial charge in [0.2, 0.25) is 0 Å². The van der Waals surface area contributed by atoms with Gasteiger partial charge < -0.3 is 9.72 Å². The first-order valence-electron chi connectivity index (χ1n) is 5.64. The van der Waals surface area contributed by atoms with E-state index in [2.05, 4.69) is 29.7 Å². The van der Waals surface area contributed by atoms with Gasteiger partial charge >= 0.3 is 5.97 Å². The van der Waals surface area contributed by atoms with E-state index < -0.39 is 5.97 Å². The molecule has 0 bridgehead atoms. The van der Waals surface area contributed by atoms with Gasteiger partial charge in [-0.2, -0.15) is 0 Å². The summed E-state index contributed by atoms with van der Waals surface area (Å²) in [7, 11) is 1.34. The molecule has 0 spiro atoms. The Morgan fingerprint density at radius 1 is 1.30 bits per heavy atom. The van der Waals surface area contributed by atoms with Gasteiger partial charge in [0, 0.05) is 6.20 Å². The summed E-state index contributed by atoms with van der Waals surface area (Å²) in [5.74, 6) is -0.399. The van der Waals surface area contributed by atoms with Crippen molar-refractivity contribution in [2.45, 2.75) is 10.1 Å². The number of aromatic amines is 1. The Morgan fingerprint density at radius 3 is 3.05 bits per heavy atom. The van der Waals surface area contributed by atoms with Crippen LogP contribution in [-0.2, 0) is 4.74 Å². The van der Waals surface area contributed by atoms with Crippen LogP contribution in [0.2, 0.25) is 0 Å². The summed E-state index contributed by atoms with van der Waals surface area (Å²) < 4.78 is 4.68. The third-order valence-electron chi connectivity index (χ3n) is 2.55. The van der Waals surface area contributed by atoms with Crippen LogP contribution in [0.15, 0.2) is 41.0 Å². The first-order chi connectivity index (χ1) is 9.78. The van der Waals surface area contributed by atoms with Crippen molar-refractivity contribution >= 4 is 28.9 Å². The van der Waals surface area contributed by atoms with Crippen LogP contribution in [0.5, 0.6) is 0 Å². The van der Waals surface area contributed by atoms with E-state index in [1.807, 2.05) is 0 Å². The number of nitrogens with one attached hydrogen (secondary N) is 1. The van der Waals surface area contributed by atoms with Gasteiger partial charge in [-0.3, -0.25) is 0 Å². The Kier molecular flexibility index (Phi) is 3.30. The average molecular weight is 287 g/mol. The normalized spacial score (nSPS) is 10.7. The lowest BCUT2D eigenvalue weighted by Gasteiger charge is -2.03. The first-order valence-corrected chi connectivity index (χ1v) is 6.46. The highest BCUT2D eigenvalue weighted by molar-refractivity contribution is 7.99. The van der Waals surface area contributed by atoms with Crippen LogP contribution < -0.4 is 0 Å². The van der Waals surface area contributed by atoms with E-state index in [0.717, 1.165) is 5.52 Å². The van der Waals surface area contributed by atoms with E-state index in [9.17, 15) is 4.79 Å². The van der Waals surface area contributed by atoms with Crippen LogP contribution in [0.25, 0.3) is 11.2 Å². The van der Waals surface area contributed by atoms with Gasteiger partial charge in [-0.05, 0) is 23.9 Å². The van der Waals surface area contributed by atoms with Crippen molar-refractivity contribution in [1.82, 2.24) is 24.9 Å². The van der Waals surface area contributed by atoms with Crippen LogP contribution in [0.4, 0.5) is 0 Å². The molecule has 3 aromatic heterocycles. The van der Waals surface area contributed by atoms with E-state index >= 15 is 0 Å². The van der Waals surface area contributed by atoms with Crippen molar-refractivity contribution in [2.24, 2.45) is 0 Å². The van der Waals surface area contributed by atoms with Crippen LogP contribution >= 0.6 is 11.8 Å². The highest BCUT2D eigenvalue weighted by Crippen LogP contribution is 2.28. The summed E-state index contributed by atoms with van der Waals surface area (Å²) in [6.45, 7) is 0. The molecular weight excluding hydrogens is 278 g/mol. The molecule has 0 aromatic carbocycles. The molecule has 0 unspecified atom stereocenters. The van der Waals surface area contributed by atoms with Gasteiger partial charge in [-0.25, -0.2) is 24.7 Å². The molecule has 0 fully saturated rings. The van der Waals surface area contributed by atoms with Gasteiger partial charge in [0.1, 0.15) is 21.9 Å². The van der Waals surface area contributed by atoms with Crippen molar-refractivity contribution in [1.29, 1.82) is 0 Å². The largest absolute Gasteiger partial charge is 0.465 e. The van der Waals surface area contributed by atoms with Crippen molar-refractivity contribution in [3.8, 4) is 0 Å². The van der Waals surface area contributed by atoms with Crippen molar-refractivity contribution in [3.63, 3.8) is 0 Å². The first kappa shape index (κ1) is 12.5. The minimum atomic E-state index is -0.399. The predicted octanol–water partition coefficient (Wildman–Crippen LogP) is 1.69. The number of ether oxygens (including phenoxy) is 1. The number of carbonyl (C=O) groups excluding carboxylic acids is 1. The van der Waals surface area contributed by atoms with Gasteiger partial charge in [-0.1, -0.05) is 0 Å². The Labute approximate surface area is 117 Å². The number of H-pyrrole nitrogens is 1. The standard InChI is InChI=1S/C12H9N5O2S/c1-19-12(18)7-2-3-13-8(4-7)20-11-9-10(15-5-14-9)16-6-17-11/h2-6H,1H3,(H,14,15,16,17). The summed E-state index contributed by atoms with van der Waals surface area (Å²) in [6.07, 6.45) is 4.55. The van der Waals surface area contributed by atoms with Crippen molar-refractivity contribution < 1.29 is 9.53 Å². The number of rotatable bonds is 3. The molecule has 1 N–H and O–H groups in total. The number of hydrogen-bond donors (Lipinski definition) is 1.